The molecule has 0 atom stereocenters. The van der Waals surface area contributed by atoms with Crippen LogP contribution in [0.5, 0.6) is 0 Å². The maximum Gasteiger partial charge on any atom is 0.243 e. The molecule has 2 saturated heterocycles. The topological polar surface area (TPSA) is 78.0 Å². The molecule has 4 rings (SSSR count). The highest BCUT2D eigenvalue weighted by atomic mass is 32.2. The monoisotopic (exact) mass is 467 g/mol. The Morgan fingerprint density at radius 2 is 1.03 bits per heavy atom. The summed E-state index contributed by atoms with van der Waals surface area (Å²) in [6, 6.07) is 11.6. The molecular weight excluding hydrogens is 441 g/mol. The van der Waals surface area contributed by atoms with E-state index in [1.807, 2.05) is 4.90 Å². The number of sulfonamides is 2. The molecule has 0 N–H and O–H groups in total. The molecule has 0 amide bonds. The van der Waals surface area contributed by atoms with Crippen LogP contribution in [0.25, 0.3) is 0 Å². The molecule has 7 nitrogen and oxygen atoms in total. The van der Waals surface area contributed by atoms with Crippen molar-refractivity contribution in [1.29, 1.82) is 0 Å². The highest BCUT2D eigenvalue weighted by Gasteiger charge is 2.30. The molecule has 2 aromatic carbocycles. The molecule has 10 heteroatoms. The lowest BCUT2D eigenvalue weighted by Gasteiger charge is -2.35. The van der Waals surface area contributed by atoms with Crippen molar-refractivity contribution in [2.75, 3.05) is 44.2 Å². The zero-order chi connectivity index (χ0) is 22.1. The molecule has 0 unspecified atom stereocenters. The average molecular weight is 468 g/mol. The van der Waals surface area contributed by atoms with E-state index in [9.17, 15) is 21.2 Å². The van der Waals surface area contributed by atoms with Gasteiger partial charge < -0.3 is 4.90 Å². The van der Waals surface area contributed by atoms with Crippen molar-refractivity contribution in [2.24, 2.45) is 0 Å². The predicted molar refractivity (Wildman–Crippen MR) is 116 cm³/mol. The third-order valence-corrected chi connectivity index (χ3v) is 9.67. The second kappa shape index (κ2) is 8.85. The van der Waals surface area contributed by atoms with Gasteiger partial charge >= 0.3 is 0 Å². The van der Waals surface area contributed by atoms with Crippen molar-refractivity contribution in [3.05, 3.63) is 54.3 Å². The number of halogens is 1. The van der Waals surface area contributed by atoms with E-state index in [2.05, 4.69) is 0 Å². The highest BCUT2D eigenvalue weighted by Crippen LogP contribution is 2.25. The van der Waals surface area contributed by atoms with Crippen LogP contribution in [0.4, 0.5) is 10.1 Å². The number of hydrogen-bond donors (Lipinski definition) is 0. The van der Waals surface area contributed by atoms with Gasteiger partial charge in [0.05, 0.1) is 9.79 Å². The van der Waals surface area contributed by atoms with Crippen LogP contribution in [0.2, 0.25) is 0 Å². The maximum atomic E-state index is 13.1. The molecule has 0 bridgehead atoms. The fourth-order valence-electron chi connectivity index (χ4n) is 4.03. The molecule has 0 saturated carbocycles. The third kappa shape index (κ3) is 4.62. The van der Waals surface area contributed by atoms with Gasteiger partial charge in [-0.25, -0.2) is 21.2 Å². The molecule has 2 heterocycles. The van der Waals surface area contributed by atoms with E-state index in [1.165, 1.54) is 45.0 Å². The number of benzene rings is 2. The highest BCUT2D eigenvalue weighted by molar-refractivity contribution is 7.89. The van der Waals surface area contributed by atoms with Gasteiger partial charge in [0, 0.05) is 45.0 Å². The molecule has 168 valence electrons. The minimum absolute atomic E-state index is 0.0836. The first kappa shape index (κ1) is 22.2. The van der Waals surface area contributed by atoms with Crippen molar-refractivity contribution in [2.45, 2.75) is 29.1 Å². The Labute approximate surface area is 183 Å². The minimum Gasteiger partial charge on any atom is -0.369 e. The zero-order valence-corrected chi connectivity index (χ0v) is 18.8. The Hall–Kier alpha value is -2.01. The van der Waals surface area contributed by atoms with Crippen LogP contribution in [0, 0.1) is 5.82 Å². The van der Waals surface area contributed by atoms with Gasteiger partial charge in [0.15, 0.2) is 0 Å². The summed E-state index contributed by atoms with van der Waals surface area (Å²) in [6.07, 6.45) is 2.71. The summed E-state index contributed by atoms with van der Waals surface area (Å²) >= 11 is 0. The number of piperazine rings is 1. The molecule has 2 aliphatic rings. The normalized spacial score (nSPS) is 19.5. The van der Waals surface area contributed by atoms with E-state index in [1.54, 1.807) is 12.1 Å². The smallest absolute Gasteiger partial charge is 0.243 e. The third-order valence-electron chi connectivity index (χ3n) is 5.84. The van der Waals surface area contributed by atoms with E-state index in [0.29, 0.717) is 39.3 Å². The molecule has 0 radical (unpaired) electrons. The van der Waals surface area contributed by atoms with Crippen LogP contribution in [0.15, 0.2) is 58.3 Å². The van der Waals surface area contributed by atoms with Crippen LogP contribution in [0.1, 0.15) is 19.3 Å². The second-order valence-electron chi connectivity index (χ2n) is 7.80. The van der Waals surface area contributed by atoms with Gasteiger partial charge in [0.1, 0.15) is 5.82 Å². The molecule has 31 heavy (non-hydrogen) atoms. The van der Waals surface area contributed by atoms with E-state index in [-0.39, 0.29) is 15.6 Å². The Morgan fingerprint density at radius 3 is 1.52 bits per heavy atom. The summed E-state index contributed by atoms with van der Waals surface area (Å²) in [5, 5.41) is 0. The number of nitrogens with zero attached hydrogens (tertiary/aromatic N) is 3. The first-order valence-corrected chi connectivity index (χ1v) is 13.3. The molecular formula is C21H26FN3O4S2. The number of piperidine rings is 1. The summed E-state index contributed by atoms with van der Waals surface area (Å²) in [6.45, 7) is 2.58. The lowest BCUT2D eigenvalue weighted by molar-refractivity contribution is 0.346. The Morgan fingerprint density at radius 1 is 0.581 bits per heavy atom. The van der Waals surface area contributed by atoms with Gasteiger partial charge in [-0.05, 0) is 61.4 Å². The van der Waals surface area contributed by atoms with Gasteiger partial charge in [-0.2, -0.15) is 8.61 Å². The summed E-state index contributed by atoms with van der Waals surface area (Å²) in [7, 11) is -7.32. The summed E-state index contributed by atoms with van der Waals surface area (Å²) in [5.41, 5.74) is 0.853. The second-order valence-corrected chi connectivity index (χ2v) is 11.7. The predicted octanol–water partition coefficient (Wildman–Crippen LogP) is 2.51. The Bertz CT molecular complexity index is 1110. The number of anilines is 1. The van der Waals surface area contributed by atoms with Gasteiger partial charge in [0.2, 0.25) is 20.0 Å². The molecule has 0 aliphatic carbocycles. The van der Waals surface area contributed by atoms with Crippen molar-refractivity contribution in [1.82, 2.24) is 8.61 Å². The number of rotatable bonds is 5. The molecule has 2 fully saturated rings. The van der Waals surface area contributed by atoms with Gasteiger partial charge in [-0.1, -0.05) is 6.42 Å². The van der Waals surface area contributed by atoms with Gasteiger partial charge in [-0.15, -0.1) is 0 Å². The summed E-state index contributed by atoms with van der Waals surface area (Å²) < 4.78 is 67.6. The van der Waals surface area contributed by atoms with Crippen molar-refractivity contribution in [3.8, 4) is 0 Å². The SMILES string of the molecule is O=S(=O)(c1ccc(S(=O)(=O)N2CCN(c3ccc(F)cc3)CC2)cc1)N1CCCCC1. The molecule has 2 aromatic rings. The van der Waals surface area contributed by atoms with Gasteiger partial charge in [0.25, 0.3) is 0 Å². The summed E-state index contributed by atoms with van der Waals surface area (Å²) in [4.78, 5) is 2.22. The van der Waals surface area contributed by atoms with Gasteiger partial charge in [-0.3, -0.25) is 0 Å². The quantitative estimate of drug-likeness (QED) is 0.675. The van der Waals surface area contributed by atoms with E-state index in [0.717, 1.165) is 24.9 Å². The minimum atomic E-state index is -3.72. The van der Waals surface area contributed by atoms with E-state index >= 15 is 0 Å². The molecule has 0 spiro atoms. The van der Waals surface area contributed by atoms with E-state index in [4.69, 9.17) is 0 Å². The van der Waals surface area contributed by atoms with Crippen molar-refractivity contribution < 1.29 is 21.2 Å². The van der Waals surface area contributed by atoms with Crippen LogP contribution in [0.3, 0.4) is 0 Å². The molecule has 2 aliphatic heterocycles. The lowest BCUT2D eigenvalue weighted by atomic mass is 10.2. The fraction of sp³-hybridized carbons (Fsp3) is 0.429. The lowest BCUT2D eigenvalue weighted by Crippen LogP contribution is -2.48. The van der Waals surface area contributed by atoms with Crippen molar-refractivity contribution >= 4 is 25.7 Å². The van der Waals surface area contributed by atoms with Crippen molar-refractivity contribution in [3.63, 3.8) is 0 Å². The summed E-state index contributed by atoms with van der Waals surface area (Å²) in [5.74, 6) is -0.310. The van der Waals surface area contributed by atoms with Crippen LogP contribution >= 0.6 is 0 Å². The average Bonchev–Trinajstić information content (AvgIpc) is 2.80. The van der Waals surface area contributed by atoms with E-state index < -0.39 is 20.0 Å². The van der Waals surface area contributed by atoms with Crippen LogP contribution < -0.4 is 4.90 Å². The largest absolute Gasteiger partial charge is 0.369 e. The standard InChI is InChI=1S/C21H26FN3O4S2/c22-18-4-6-19(7-5-18)23-14-16-25(17-15-23)31(28,29)21-10-8-20(9-11-21)30(26,27)24-12-2-1-3-13-24/h4-11H,1-3,12-17H2. The Kier molecular flexibility index (Phi) is 6.34. The maximum absolute atomic E-state index is 13.1. The first-order chi connectivity index (χ1) is 14.8. The van der Waals surface area contributed by atoms with Crippen LogP contribution in [-0.4, -0.2) is 64.7 Å². The zero-order valence-electron chi connectivity index (χ0n) is 17.2. The first-order valence-electron chi connectivity index (χ1n) is 10.4. The molecule has 0 aromatic heterocycles. The number of hydrogen-bond acceptors (Lipinski definition) is 5. The fourth-order valence-corrected chi connectivity index (χ4v) is 6.96. The van der Waals surface area contributed by atoms with Crippen LogP contribution in [-0.2, 0) is 20.0 Å². The Balaban J connectivity index is 1.45.